The van der Waals surface area contributed by atoms with Crippen molar-refractivity contribution in [2.24, 2.45) is 29.1 Å². The highest BCUT2D eigenvalue weighted by molar-refractivity contribution is 9.10. The number of rotatable bonds is 2. The van der Waals surface area contributed by atoms with Crippen molar-refractivity contribution in [2.45, 2.75) is 12.8 Å². The van der Waals surface area contributed by atoms with Crippen molar-refractivity contribution in [3.63, 3.8) is 0 Å². The average Bonchev–Trinajstić information content (AvgIpc) is 3.14. The van der Waals surface area contributed by atoms with Gasteiger partial charge in [-0.3, -0.25) is 19.7 Å². The number of nitro groups is 1. The lowest BCUT2D eigenvalue weighted by atomic mass is 9.85. The molecule has 2 saturated carbocycles. The SMILES string of the molecule is O=C1[C@@H]2[C@H](C(=O)N1c1ccc([N+](=O)[O-])cc1Br)[C@H]1C=C[C@H]2C12CC2. The third-order valence-electron chi connectivity index (χ3n) is 6.24. The van der Waals surface area contributed by atoms with Gasteiger partial charge in [-0.1, -0.05) is 12.2 Å². The highest BCUT2D eigenvalue weighted by Gasteiger charge is 2.73. The second-order valence-corrected chi connectivity index (χ2v) is 7.98. The maximum absolute atomic E-state index is 13.0. The fraction of sp³-hybridized carbons (Fsp3) is 0.412. The fourth-order valence-electron chi connectivity index (χ4n) is 5.11. The van der Waals surface area contributed by atoms with Crippen LogP contribution in [0.5, 0.6) is 0 Å². The van der Waals surface area contributed by atoms with Crippen LogP contribution in [0.3, 0.4) is 0 Å². The molecule has 5 rings (SSSR count). The van der Waals surface area contributed by atoms with E-state index in [0.717, 1.165) is 12.8 Å². The Balaban J connectivity index is 1.55. The molecule has 1 aromatic rings. The molecule has 1 saturated heterocycles. The topological polar surface area (TPSA) is 80.5 Å². The number of hydrogen-bond acceptors (Lipinski definition) is 4. The minimum Gasteiger partial charge on any atom is -0.274 e. The number of halogens is 1. The Hall–Kier alpha value is -2.02. The summed E-state index contributed by atoms with van der Waals surface area (Å²) >= 11 is 3.27. The van der Waals surface area contributed by atoms with Crippen LogP contribution in [0.15, 0.2) is 34.8 Å². The number of imide groups is 1. The Bertz CT molecular complexity index is 826. The third-order valence-corrected chi connectivity index (χ3v) is 6.87. The number of hydrogen-bond donors (Lipinski definition) is 0. The average molecular weight is 389 g/mol. The van der Waals surface area contributed by atoms with E-state index in [9.17, 15) is 19.7 Å². The smallest absolute Gasteiger partial charge is 0.270 e. The molecule has 7 heteroatoms. The number of carbonyl (C=O) groups is 2. The minimum atomic E-state index is -0.502. The van der Waals surface area contributed by atoms with Crippen molar-refractivity contribution < 1.29 is 14.5 Å². The van der Waals surface area contributed by atoms with Gasteiger partial charge >= 0.3 is 0 Å². The van der Waals surface area contributed by atoms with Crippen molar-refractivity contribution in [1.82, 2.24) is 0 Å². The standard InChI is InChI=1S/C17H13BrN2O4/c18-11-7-8(20(23)24)1-4-12(11)19-15(21)13-9-2-3-10(14(13)16(19)22)17(9)5-6-17/h1-4,7,9-10,13-14H,5-6H2/t9-,10-,13-,14+/m1/s1. The molecule has 1 spiro atoms. The van der Waals surface area contributed by atoms with E-state index >= 15 is 0 Å². The summed E-state index contributed by atoms with van der Waals surface area (Å²) in [5.41, 5.74) is 0.484. The highest BCUT2D eigenvalue weighted by Crippen LogP contribution is 2.73. The van der Waals surface area contributed by atoms with Crippen molar-refractivity contribution >= 4 is 39.1 Å². The molecule has 2 amide bonds. The van der Waals surface area contributed by atoms with Gasteiger partial charge in [-0.15, -0.1) is 0 Å². The molecule has 0 unspecified atom stereocenters. The molecule has 6 nitrogen and oxygen atoms in total. The number of amides is 2. The van der Waals surface area contributed by atoms with Gasteiger partial charge in [0.15, 0.2) is 0 Å². The van der Waals surface area contributed by atoms with E-state index in [0.29, 0.717) is 10.2 Å². The summed E-state index contributed by atoms with van der Waals surface area (Å²) < 4.78 is 0.389. The summed E-state index contributed by atoms with van der Waals surface area (Å²) in [6.45, 7) is 0. The predicted octanol–water partition coefficient (Wildman–Crippen LogP) is 3.06. The zero-order chi connectivity index (χ0) is 16.8. The number of benzene rings is 1. The maximum Gasteiger partial charge on any atom is 0.270 e. The van der Waals surface area contributed by atoms with Crippen LogP contribution in [0.4, 0.5) is 11.4 Å². The lowest BCUT2D eigenvalue weighted by Gasteiger charge is -2.22. The molecule has 122 valence electrons. The van der Waals surface area contributed by atoms with Gasteiger partial charge in [0.1, 0.15) is 0 Å². The van der Waals surface area contributed by atoms with Gasteiger partial charge in [0.05, 0.1) is 22.4 Å². The number of nitro benzene ring substituents is 1. The molecule has 0 N–H and O–H groups in total. The van der Waals surface area contributed by atoms with E-state index in [1.165, 1.54) is 23.1 Å². The maximum atomic E-state index is 13.0. The second kappa shape index (κ2) is 4.33. The number of fused-ring (bicyclic) bond motifs is 3. The summed E-state index contributed by atoms with van der Waals surface area (Å²) in [5, 5.41) is 10.9. The van der Waals surface area contributed by atoms with Crippen molar-refractivity contribution in [3.05, 3.63) is 44.9 Å². The number of anilines is 1. The van der Waals surface area contributed by atoms with E-state index in [1.807, 2.05) is 0 Å². The van der Waals surface area contributed by atoms with Gasteiger partial charge in [0.25, 0.3) is 5.69 Å². The Morgan fingerprint density at radius 2 is 1.71 bits per heavy atom. The Kier molecular flexibility index (Phi) is 2.59. The van der Waals surface area contributed by atoms with Crippen LogP contribution in [-0.2, 0) is 9.59 Å². The summed E-state index contributed by atoms with van der Waals surface area (Å²) in [6, 6.07) is 4.13. The monoisotopic (exact) mass is 388 g/mol. The predicted molar refractivity (Wildman–Crippen MR) is 88.1 cm³/mol. The molecule has 1 aliphatic heterocycles. The van der Waals surface area contributed by atoms with Crippen LogP contribution in [0.25, 0.3) is 0 Å². The van der Waals surface area contributed by atoms with Crippen molar-refractivity contribution in [3.8, 4) is 0 Å². The molecule has 0 radical (unpaired) electrons. The minimum absolute atomic E-state index is 0.0800. The first kappa shape index (κ1) is 14.3. The van der Waals surface area contributed by atoms with Crippen LogP contribution in [0.2, 0.25) is 0 Å². The molecule has 1 heterocycles. The zero-order valence-electron chi connectivity index (χ0n) is 12.5. The van der Waals surface area contributed by atoms with Crippen LogP contribution in [-0.4, -0.2) is 16.7 Å². The zero-order valence-corrected chi connectivity index (χ0v) is 14.1. The molecular formula is C17H13BrN2O4. The lowest BCUT2D eigenvalue weighted by Crippen LogP contribution is -2.35. The summed E-state index contributed by atoms with van der Waals surface area (Å²) in [6.07, 6.45) is 6.45. The number of carbonyl (C=O) groups excluding carboxylic acids is 2. The van der Waals surface area contributed by atoms with Crippen LogP contribution in [0, 0.1) is 39.2 Å². The Labute approximate surface area is 145 Å². The number of non-ortho nitro benzene ring substituents is 1. The first-order chi connectivity index (χ1) is 11.5. The van der Waals surface area contributed by atoms with E-state index < -0.39 is 4.92 Å². The van der Waals surface area contributed by atoms with Gasteiger partial charge in [-0.05, 0) is 52.1 Å². The summed E-state index contributed by atoms with van der Waals surface area (Å²) in [4.78, 5) is 37.6. The normalized spacial score (nSPS) is 34.3. The van der Waals surface area contributed by atoms with Gasteiger partial charge in [0.2, 0.25) is 11.8 Å². The molecule has 1 aromatic carbocycles. The highest BCUT2D eigenvalue weighted by atomic mass is 79.9. The van der Waals surface area contributed by atoms with Gasteiger partial charge in [0, 0.05) is 16.6 Å². The first-order valence-corrected chi connectivity index (χ1v) is 8.75. The number of allylic oxidation sites excluding steroid dienone is 2. The second-order valence-electron chi connectivity index (χ2n) is 7.13. The van der Waals surface area contributed by atoms with E-state index in [1.54, 1.807) is 0 Å². The number of nitrogens with zero attached hydrogens (tertiary/aromatic N) is 2. The molecule has 0 aromatic heterocycles. The quantitative estimate of drug-likeness (QED) is 0.337. The van der Waals surface area contributed by atoms with E-state index in [4.69, 9.17) is 0 Å². The molecule has 24 heavy (non-hydrogen) atoms. The summed E-state index contributed by atoms with van der Waals surface area (Å²) in [5.74, 6) is -0.518. The first-order valence-electron chi connectivity index (χ1n) is 7.96. The van der Waals surface area contributed by atoms with E-state index in [-0.39, 0.29) is 46.6 Å². The lowest BCUT2D eigenvalue weighted by molar-refractivity contribution is -0.384. The van der Waals surface area contributed by atoms with Crippen molar-refractivity contribution in [1.29, 1.82) is 0 Å². The van der Waals surface area contributed by atoms with Gasteiger partial charge in [-0.25, -0.2) is 4.90 Å². The molecule has 4 atom stereocenters. The summed E-state index contributed by atoms with van der Waals surface area (Å²) in [7, 11) is 0. The van der Waals surface area contributed by atoms with Gasteiger partial charge in [-0.2, -0.15) is 0 Å². The van der Waals surface area contributed by atoms with Crippen molar-refractivity contribution in [2.75, 3.05) is 4.90 Å². The molecule has 3 aliphatic carbocycles. The molecule has 3 fully saturated rings. The molecule has 4 aliphatic rings. The van der Waals surface area contributed by atoms with Crippen LogP contribution in [0.1, 0.15) is 12.8 Å². The van der Waals surface area contributed by atoms with Gasteiger partial charge < -0.3 is 0 Å². The van der Waals surface area contributed by atoms with Crippen LogP contribution >= 0.6 is 15.9 Å². The van der Waals surface area contributed by atoms with E-state index in [2.05, 4.69) is 28.1 Å². The molecule has 2 bridgehead atoms. The molecular weight excluding hydrogens is 376 g/mol. The Morgan fingerprint density at radius 3 is 2.17 bits per heavy atom. The van der Waals surface area contributed by atoms with Crippen LogP contribution < -0.4 is 4.90 Å². The Morgan fingerprint density at radius 1 is 1.12 bits per heavy atom. The largest absolute Gasteiger partial charge is 0.274 e. The third kappa shape index (κ3) is 1.51. The fourth-order valence-corrected chi connectivity index (χ4v) is 5.65.